The molecule has 0 rings (SSSR count). The van der Waals surface area contributed by atoms with Gasteiger partial charge in [0.2, 0.25) is 0 Å². The Morgan fingerprint density at radius 3 is 1.56 bits per heavy atom. The van der Waals surface area contributed by atoms with E-state index >= 15 is 0 Å². The Morgan fingerprint density at radius 1 is 1.33 bits per heavy atom. The van der Waals surface area contributed by atoms with Gasteiger partial charge in [-0.2, -0.15) is 0 Å². The van der Waals surface area contributed by atoms with E-state index in [9.17, 15) is 0 Å². The summed E-state index contributed by atoms with van der Waals surface area (Å²) in [6.07, 6.45) is 0.500. The maximum absolute atomic E-state index is 8.36. The van der Waals surface area contributed by atoms with Crippen LogP contribution in [0.5, 0.6) is 0 Å². The second kappa shape index (κ2) is 10.2. The van der Waals surface area contributed by atoms with Gasteiger partial charge in [0.1, 0.15) is 0 Å². The van der Waals surface area contributed by atoms with Gasteiger partial charge in [0.05, 0.1) is 0 Å². The molecule has 0 atom stereocenters. The molecule has 6 heteroatoms. The predicted octanol–water partition coefficient (Wildman–Crippen LogP) is -0.987. The highest BCUT2D eigenvalue weighted by molar-refractivity contribution is 4.22. The van der Waals surface area contributed by atoms with Crippen LogP contribution in [0.15, 0.2) is 0 Å². The van der Waals surface area contributed by atoms with Gasteiger partial charge in [0.25, 0.3) is 5.09 Å². The van der Waals surface area contributed by atoms with Gasteiger partial charge < -0.3 is 15.4 Å². The van der Waals surface area contributed by atoms with Gasteiger partial charge in [0, 0.05) is 13.2 Å². The molecule has 0 aromatic heterocycles. The van der Waals surface area contributed by atoms with Crippen LogP contribution in [0.25, 0.3) is 0 Å². The lowest BCUT2D eigenvalue weighted by Crippen LogP contribution is -1.85. The third-order valence-corrected chi connectivity index (χ3v) is 0.316. The summed E-state index contributed by atoms with van der Waals surface area (Å²) in [5, 5.41) is 29.5. The van der Waals surface area contributed by atoms with Gasteiger partial charge in [-0.3, -0.25) is 0 Å². The Bertz CT molecular complexity index is 59.2. The van der Waals surface area contributed by atoms with Gasteiger partial charge in [0.15, 0.2) is 0 Å². The first-order valence-corrected chi connectivity index (χ1v) is 2.20. The number of aliphatic hydroxyl groups is 2. The van der Waals surface area contributed by atoms with Crippen molar-refractivity contribution in [3.8, 4) is 0 Å². The molecular formula is C3H9NO5. The van der Waals surface area contributed by atoms with Crippen molar-refractivity contribution in [2.45, 2.75) is 6.42 Å². The molecule has 0 fully saturated rings. The van der Waals surface area contributed by atoms with Gasteiger partial charge in [-0.25, -0.2) is 0 Å². The highest BCUT2D eigenvalue weighted by atomic mass is 16.9. The fourth-order valence-electron chi connectivity index (χ4n) is 0.0707. The second-order valence-electron chi connectivity index (χ2n) is 1.04. The van der Waals surface area contributed by atoms with Crippen LogP contribution < -0.4 is 0 Å². The van der Waals surface area contributed by atoms with Crippen LogP contribution in [0.1, 0.15) is 6.42 Å². The summed E-state index contributed by atoms with van der Waals surface area (Å²) in [5.74, 6) is 0. The first kappa shape index (κ1) is 11.0. The van der Waals surface area contributed by atoms with Crippen LogP contribution in [-0.4, -0.2) is 33.7 Å². The Balaban J connectivity index is 0. The summed E-state index contributed by atoms with van der Waals surface area (Å²) >= 11 is 0. The zero-order valence-corrected chi connectivity index (χ0v) is 4.73. The highest BCUT2D eigenvalue weighted by Gasteiger charge is 1.70. The normalized spacial score (nSPS) is 7.33. The SMILES string of the molecule is O=[N+]([O-])O.OCCCO. The summed E-state index contributed by atoms with van der Waals surface area (Å²) in [7, 11) is 0. The van der Waals surface area contributed by atoms with Crippen molar-refractivity contribution in [1.82, 2.24) is 0 Å². The lowest BCUT2D eigenvalue weighted by Gasteiger charge is -1.79. The fraction of sp³-hybridized carbons (Fsp3) is 1.00. The van der Waals surface area contributed by atoms with Crippen LogP contribution in [0, 0.1) is 10.1 Å². The van der Waals surface area contributed by atoms with E-state index in [2.05, 4.69) is 0 Å². The summed E-state index contributed by atoms with van der Waals surface area (Å²) in [6.45, 7) is 0.188. The Hall–Kier alpha value is -0.880. The third kappa shape index (κ3) is 149. The average Bonchev–Trinajstić information content (AvgIpc) is 1.66. The fourth-order valence-corrected chi connectivity index (χ4v) is 0.0707. The minimum atomic E-state index is -1.50. The number of rotatable bonds is 2. The van der Waals surface area contributed by atoms with Crippen molar-refractivity contribution in [3.63, 3.8) is 0 Å². The van der Waals surface area contributed by atoms with Gasteiger partial charge in [-0.15, -0.1) is 10.1 Å². The molecule has 56 valence electrons. The molecule has 0 amide bonds. The van der Waals surface area contributed by atoms with Crippen LogP contribution in [-0.2, 0) is 0 Å². The number of nitrogens with zero attached hydrogens (tertiary/aromatic N) is 1. The summed E-state index contributed by atoms with van der Waals surface area (Å²) in [5.41, 5.74) is 0. The molecule has 0 aromatic carbocycles. The molecular weight excluding hydrogens is 130 g/mol. The van der Waals surface area contributed by atoms with E-state index in [1.807, 2.05) is 0 Å². The van der Waals surface area contributed by atoms with E-state index < -0.39 is 5.09 Å². The number of hydrogen-bond acceptors (Lipinski definition) is 4. The quantitative estimate of drug-likeness (QED) is 0.336. The zero-order chi connectivity index (χ0) is 7.70. The molecule has 0 saturated carbocycles. The molecule has 0 saturated heterocycles. The van der Waals surface area contributed by atoms with Gasteiger partial charge in [-0.05, 0) is 6.42 Å². The van der Waals surface area contributed by atoms with Crippen LogP contribution in [0.2, 0.25) is 0 Å². The third-order valence-electron chi connectivity index (χ3n) is 0.316. The van der Waals surface area contributed by atoms with Crippen LogP contribution in [0.4, 0.5) is 0 Å². The molecule has 0 aliphatic rings. The van der Waals surface area contributed by atoms with E-state index in [1.54, 1.807) is 0 Å². The van der Waals surface area contributed by atoms with Gasteiger partial charge in [-0.1, -0.05) is 0 Å². The van der Waals surface area contributed by atoms with Gasteiger partial charge >= 0.3 is 0 Å². The first-order chi connectivity index (χ1) is 4.15. The van der Waals surface area contributed by atoms with E-state index in [0.29, 0.717) is 6.42 Å². The average molecular weight is 139 g/mol. The topological polar surface area (TPSA) is 104 Å². The Labute approximate surface area is 51.5 Å². The van der Waals surface area contributed by atoms with E-state index in [1.165, 1.54) is 0 Å². The van der Waals surface area contributed by atoms with Crippen molar-refractivity contribution in [2.75, 3.05) is 13.2 Å². The molecule has 0 unspecified atom stereocenters. The Kier molecular flexibility index (Phi) is 12.4. The summed E-state index contributed by atoms with van der Waals surface area (Å²) in [6, 6.07) is 0. The lowest BCUT2D eigenvalue weighted by molar-refractivity contribution is -0.742. The van der Waals surface area contributed by atoms with Crippen molar-refractivity contribution in [3.05, 3.63) is 10.1 Å². The Morgan fingerprint density at radius 2 is 1.56 bits per heavy atom. The summed E-state index contributed by atoms with van der Waals surface area (Å²) in [4.78, 5) is 8.36. The minimum Gasteiger partial charge on any atom is -0.396 e. The highest BCUT2D eigenvalue weighted by Crippen LogP contribution is 1.65. The van der Waals surface area contributed by atoms with Crippen molar-refractivity contribution in [1.29, 1.82) is 0 Å². The van der Waals surface area contributed by atoms with E-state index in [-0.39, 0.29) is 13.2 Å². The molecule has 0 aromatic rings. The molecule has 0 aliphatic heterocycles. The second-order valence-corrected chi connectivity index (χ2v) is 1.04. The number of aliphatic hydroxyl groups excluding tert-OH is 2. The molecule has 3 N–H and O–H groups in total. The molecule has 9 heavy (non-hydrogen) atoms. The lowest BCUT2D eigenvalue weighted by atomic mass is 10.5. The molecule has 0 radical (unpaired) electrons. The van der Waals surface area contributed by atoms with E-state index in [0.717, 1.165) is 0 Å². The summed E-state index contributed by atoms with van der Waals surface area (Å²) < 4.78 is 0. The minimum absolute atomic E-state index is 0.0938. The molecule has 0 heterocycles. The first-order valence-electron chi connectivity index (χ1n) is 2.20. The maximum Gasteiger partial charge on any atom is 0.291 e. The van der Waals surface area contributed by atoms with Crippen molar-refractivity contribution < 1.29 is 20.5 Å². The zero-order valence-electron chi connectivity index (χ0n) is 4.73. The largest absolute Gasteiger partial charge is 0.396 e. The molecule has 0 spiro atoms. The smallest absolute Gasteiger partial charge is 0.291 e. The molecule has 0 aliphatic carbocycles. The van der Waals surface area contributed by atoms with Crippen LogP contribution in [0.3, 0.4) is 0 Å². The van der Waals surface area contributed by atoms with Crippen molar-refractivity contribution >= 4 is 0 Å². The molecule has 6 nitrogen and oxygen atoms in total. The van der Waals surface area contributed by atoms with E-state index in [4.69, 9.17) is 25.5 Å². The predicted molar refractivity (Wildman–Crippen MR) is 27.6 cm³/mol. The standard InChI is InChI=1S/C3H8O2.HNO3/c4-2-1-3-5;2-1(3)4/h4-5H,1-3H2;(H,2,3,4). The molecule has 0 bridgehead atoms. The van der Waals surface area contributed by atoms with Crippen molar-refractivity contribution in [2.24, 2.45) is 0 Å². The number of hydrogen-bond donors (Lipinski definition) is 3. The monoisotopic (exact) mass is 139 g/mol. The maximum atomic E-state index is 8.36. The van der Waals surface area contributed by atoms with Crippen LogP contribution >= 0.6 is 0 Å².